The Morgan fingerprint density at radius 3 is 2.78 bits per heavy atom. The number of nitrogens with zero attached hydrogens (tertiary/aromatic N) is 4. The second kappa shape index (κ2) is 7.67. The van der Waals surface area contributed by atoms with Crippen molar-refractivity contribution in [1.29, 1.82) is 5.26 Å². The van der Waals surface area contributed by atoms with E-state index in [1.807, 2.05) is 23.1 Å². The molecule has 0 spiro atoms. The molecule has 1 N–H and O–H groups in total. The first kappa shape index (κ1) is 17.3. The van der Waals surface area contributed by atoms with Gasteiger partial charge in [-0.3, -0.25) is 0 Å². The van der Waals surface area contributed by atoms with Gasteiger partial charge < -0.3 is 15.1 Å². The average molecular weight is 361 g/mol. The van der Waals surface area contributed by atoms with Crippen LogP contribution in [-0.4, -0.2) is 48.1 Å². The van der Waals surface area contributed by atoms with Gasteiger partial charge in [-0.05, 0) is 30.5 Å². The molecule has 27 heavy (non-hydrogen) atoms. The van der Waals surface area contributed by atoms with Crippen molar-refractivity contribution >= 4 is 11.8 Å². The van der Waals surface area contributed by atoms with Crippen molar-refractivity contribution in [3.05, 3.63) is 59.8 Å². The van der Waals surface area contributed by atoms with E-state index in [4.69, 9.17) is 0 Å². The number of carbonyl (C=O) groups excluding carboxylic acids is 1. The fraction of sp³-hybridized carbons (Fsp3) is 0.381. The molecule has 1 saturated heterocycles. The fourth-order valence-electron chi connectivity index (χ4n) is 3.74. The highest BCUT2D eigenvalue weighted by Gasteiger charge is 2.40. The number of rotatable bonds is 3. The van der Waals surface area contributed by atoms with Crippen LogP contribution in [0.5, 0.6) is 0 Å². The van der Waals surface area contributed by atoms with E-state index in [-0.39, 0.29) is 12.1 Å². The zero-order chi connectivity index (χ0) is 18.6. The van der Waals surface area contributed by atoms with Crippen molar-refractivity contribution in [3.63, 3.8) is 0 Å². The molecule has 2 atom stereocenters. The summed E-state index contributed by atoms with van der Waals surface area (Å²) in [5.41, 5.74) is 1.88. The predicted octanol–water partition coefficient (Wildman–Crippen LogP) is 2.73. The van der Waals surface area contributed by atoms with Gasteiger partial charge >= 0.3 is 6.03 Å². The molecule has 2 unspecified atom stereocenters. The summed E-state index contributed by atoms with van der Waals surface area (Å²) in [7, 11) is 0. The third-order valence-corrected chi connectivity index (χ3v) is 5.32. The summed E-state index contributed by atoms with van der Waals surface area (Å²) in [4.78, 5) is 21.0. The molecular formula is C21H23N5O. The summed E-state index contributed by atoms with van der Waals surface area (Å²) in [6.45, 7) is 2.84. The van der Waals surface area contributed by atoms with Gasteiger partial charge in [0.2, 0.25) is 0 Å². The van der Waals surface area contributed by atoms with E-state index in [1.165, 1.54) is 5.56 Å². The minimum absolute atomic E-state index is 0.0156. The first-order chi connectivity index (χ1) is 13.3. The maximum atomic E-state index is 12.7. The first-order valence-electron chi connectivity index (χ1n) is 9.46. The molecule has 1 aliphatic carbocycles. The van der Waals surface area contributed by atoms with Crippen LogP contribution in [0.15, 0.2) is 48.7 Å². The number of hydrogen-bond acceptors (Lipinski definition) is 4. The molecule has 1 saturated carbocycles. The largest absolute Gasteiger partial charge is 0.354 e. The molecule has 1 aromatic heterocycles. The minimum Gasteiger partial charge on any atom is -0.354 e. The van der Waals surface area contributed by atoms with Gasteiger partial charge in [0.1, 0.15) is 11.9 Å². The molecule has 6 nitrogen and oxygen atoms in total. The summed E-state index contributed by atoms with van der Waals surface area (Å²) in [5.74, 6) is 1.15. The third-order valence-electron chi connectivity index (χ3n) is 5.32. The predicted molar refractivity (Wildman–Crippen MR) is 103 cm³/mol. The molecule has 2 aliphatic rings. The number of nitrogens with one attached hydrogen (secondary N) is 1. The average Bonchev–Trinajstić information content (AvgIpc) is 3.51. The lowest BCUT2D eigenvalue weighted by atomic mass is 10.1. The Hall–Kier alpha value is -3.07. The van der Waals surface area contributed by atoms with Crippen LogP contribution in [0, 0.1) is 11.3 Å². The Bertz CT molecular complexity index is 847. The van der Waals surface area contributed by atoms with Crippen molar-refractivity contribution in [2.24, 2.45) is 0 Å². The van der Waals surface area contributed by atoms with Crippen molar-refractivity contribution < 1.29 is 4.79 Å². The number of anilines is 1. The first-order valence-corrected chi connectivity index (χ1v) is 9.46. The van der Waals surface area contributed by atoms with Crippen LogP contribution in [0.25, 0.3) is 0 Å². The smallest absolute Gasteiger partial charge is 0.317 e. The van der Waals surface area contributed by atoms with Crippen LogP contribution in [0.4, 0.5) is 10.6 Å². The van der Waals surface area contributed by atoms with Crippen molar-refractivity contribution in [2.45, 2.75) is 24.8 Å². The van der Waals surface area contributed by atoms with Crippen molar-refractivity contribution in [3.8, 4) is 6.07 Å². The summed E-state index contributed by atoms with van der Waals surface area (Å²) in [5, 5.41) is 12.5. The van der Waals surface area contributed by atoms with E-state index in [0.717, 1.165) is 25.9 Å². The molecule has 2 fully saturated rings. The topological polar surface area (TPSA) is 72.3 Å². The van der Waals surface area contributed by atoms with Crippen LogP contribution < -0.4 is 10.2 Å². The van der Waals surface area contributed by atoms with E-state index in [2.05, 4.69) is 33.4 Å². The SMILES string of the molecule is N#Cc1cccnc1N1CCCN(C(=O)NC2CC2c2ccccc2)CC1. The number of aromatic nitrogens is 1. The molecule has 1 aliphatic heterocycles. The normalized spacial score (nSPS) is 21.9. The van der Waals surface area contributed by atoms with Crippen LogP contribution in [0.3, 0.4) is 0 Å². The summed E-state index contributed by atoms with van der Waals surface area (Å²) in [6, 6.07) is 16.4. The lowest BCUT2D eigenvalue weighted by Gasteiger charge is -2.23. The van der Waals surface area contributed by atoms with Gasteiger partial charge in [0.05, 0.1) is 5.56 Å². The molecule has 138 valence electrons. The quantitative estimate of drug-likeness (QED) is 0.912. The maximum absolute atomic E-state index is 12.7. The molecule has 4 rings (SSSR count). The van der Waals surface area contributed by atoms with Gasteiger partial charge in [-0.25, -0.2) is 9.78 Å². The Kier molecular flexibility index (Phi) is 4.93. The molecule has 2 heterocycles. The molecule has 1 aromatic carbocycles. The van der Waals surface area contributed by atoms with Gasteiger partial charge in [0, 0.05) is 44.3 Å². The number of benzene rings is 1. The van der Waals surface area contributed by atoms with Gasteiger partial charge in [-0.15, -0.1) is 0 Å². The second-order valence-electron chi connectivity index (χ2n) is 7.12. The maximum Gasteiger partial charge on any atom is 0.317 e. The summed E-state index contributed by atoms with van der Waals surface area (Å²) >= 11 is 0. The van der Waals surface area contributed by atoms with Crippen LogP contribution >= 0.6 is 0 Å². The van der Waals surface area contributed by atoms with Crippen LogP contribution in [0.1, 0.15) is 29.9 Å². The number of amides is 2. The van der Waals surface area contributed by atoms with Gasteiger partial charge in [0.15, 0.2) is 0 Å². The molecule has 2 aromatic rings. The zero-order valence-corrected chi connectivity index (χ0v) is 15.2. The zero-order valence-electron chi connectivity index (χ0n) is 15.2. The van der Waals surface area contributed by atoms with E-state index in [1.54, 1.807) is 18.3 Å². The van der Waals surface area contributed by atoms with Gasteiger partial charge in [-0.2, -0.15) is 5.26 Å². The lowest BCUT2D eigenvalue weighted by molar-refractivity contribution is 0.201. The minimum atomic E-state index is 0.0156. The van der Waals surface area contributed by atoms with Crippen LogP contribution in [-0.2, 0) is 0 Å². The van der Waals surface area contributed by atoms with E-state index in [9.17, 15) is 10.1 Å². The fourth-order valence-corrected chi connectivity index (χ4v) is 3.74. The summed E-state index contributed by atoms with van der Waals surface area (Å²) < 4.78 is 0. The molecule has 0 bridgehead atoms. The number of hydrogen-bond donors (Lipinski definition) is 1. The molecule has 0 radical (unpaired) electrons. The highest BCUT2D eigenvalue weighted by atomic mass is 16.2. The highest BCUT2D eigenvalue weighted by Crippen LogP contribution is 2.40. The third kappa shape index (κ3) is 3.87. The highest BCUT2D eigenvalue weighted by molar-refractivity contribution is 5.75. The van der Waals surface area contributed by atoms with E-state index >= 15 is 0 Å². The Morgan fingerprint density at radius 2 is 1.96 bits per heavy atom. The van der Waals surface area contributed by atoms with E-state index < -0.39 is 0 Å². The Labute approximate surface area is 159 Å². The molecular weight excluding hydrogens is 338 g/mol. The Balaban J connectivity index is 1.33. The Morgan fingerprint density at radius 1 is 1.11 bits per heavy atom. The summed E-state index contributed by atoms with van der Waals surface area (Å²) in [6.07, 6.45) is 3.58. The van der Waals surface area contributed by atoms with E-state index in [0.29, 0.717) is 30.4 Å². The van der Waals surface area contributed by atoms with Gasteiger partial charge in [0.25, 0.3) is 0 Å². The monoisotopic (exact) mass is 361 g/mol. The number of urea groups is 1. The lowest BCUT2D eigenvalue weighted by Crippen LogP contribution is -2.43. The van der Waals surface area contributed by atoms with Gasteiger partial charge in [-0.1, -0.05) is 30.3 Å². The van der Waals surface area contributed by atoms with Crippen molar-refractivity contribution in [1.82, 2.24) is 15.2 Å². The second-order valence-corrected chi connectivity index (χ2v) is 7.12. The number of nitriles is 1. The molecule has 6 heteroatoms. The van der Waals surface area contributed by atoms with Crippen LogP contribution in [0.2, 0.25) is 0 Å². The molecule has 2 amide bonds. The standard InChI is InChI=1S/C21H23N5O/c22-15-17-8-4-9-23-20(17)25-10-5-11-26(13-12-25)21(27)24-19-14-18(19)16-6-2-1-3-7-16/h1-4,6-9,18-19H,5,10-14H2,(H,24,27). The van der Waals surface area contributed by atoms with Crippen molar-refractivity contribution in [2.75, 3.05) is 31.1 Å². The number of carbonyl (C=O) groups is 1. The number of pyridine rings is 1.